The minimum absolute atomic E-state index is 0.158. The van der Waals surface area contributed by atoms with E-state index in [4.69, 9.17) is 16.3 Å². The van der Waals surface area contributed by atoms with Crippen molar-refractivity contribution in [3.05, 3.63) is 161 Å². The molecule has 2 aliphatic heterocycles. The number of anilines is 2. The fourth-order valence-corrected chi connectivity index (χ4v) is 6.57. The topological polar surface area (TPSA) is 49.9 Å². The number of para-hydroxylation sites is 3. The summed E-state index contributed by atoms with van der Waals surface area (Å²) in [5, 5.41) is 0.574. The molecule has 6 heteroatoms. The molecule has 1 fully saturated rings. The number of halogens is 1. The molecule has 0 bridgehead atoms. The van der Waals surface area contributed by atoms with Gasteiger partial charge in [-0.2, -0.15) is 0 Å². The smallest absolute Gasteiger partial charge is 0.271 e. The number of fused-ring (bicyclic) bond motifs is 3. The van der Waals surface area contributed by atoms with Crippen LogP contribution >= 0.6 is 11.6 Å². The molecule has 7 rings (SSSR count). The number of hydrogen-bond acceptors (Lipinski definition) is 3. The maximum Gasteiger partial charge on any atom is 0.271 e. The summed E-state index contributed by atoms with van der Waals surface area (Å²) in [5.41, 5.74) is 2.76. The predicted molar refractivity (Wildman–Crippen MR) is 165 cm³/mol. The molecule has 5 nitrogen and oxygen atoms in total. The van der Waals surface area contributed by atoms with Gasteiger partial charge in [0.25, 0.3) is 11.8 Å². The van der Waals surface area contributed by atoms with Gasteiger partial charge in [0, 0.05) is 17.0 Å². The third-order valence-electron chi connectivity index (χ3n) is 8.22. The molecule has 3 atom stereocenters. The van der Waals surface area contributed by atoms with E-state index >= 15 is 0 Å². The van der Waals surface area contributed by atoms with Gasteiger partial charge in [-0.05, 0) is 59.7 Å². The molecule has 0 aliphatic carbocycles. The summed E-state index contributed by atoms with van der Waals surface area (Å²) >= 11 is 6.55. The van der Waals surface area contributed by atoms with Gasteiger partial charge in [-0.15, -0.1) is 0 Å². The number of hydrogen-bond donors (Lipinski definition) is 0. The van der Waals surface area contributed by atoms with E-state index in [1.54, 1.807) is 0 Å². The number of rotatable bonds is 5. The molecule has 0 radical (unpaired) electrons. The van der Waals surface area contributed by atoms with Crippen LogP contribution in [0.5, 0.6) is 5.75 Å². The summed E-state index contributed by atoms with van der Waals surface area (Å²) in [6.07, 6.45) is -0.433. The zero-order valence-corrected chi connectivity index (χ0v) is 23.4. The predicted octanol–water partition coefficient (Wildman–Crippen LogP) is 7.82. The van der Waals surface area contributed by atoms with Crippen molar-refractivity contribution in [1.29, 1.82) is 0 Å². The van der Waals surface area contributed by atoms with E-state index in [9.17, 15) is 9.59 Å². The van der Waals surface area contributed by atoms with Crippen LogP contribution in [0.3, 0.4) is 0 Å². The molecule has 3 unspecified atom stereocenters. The summed E-state index contributed by atoms with van der Waals surface area (Å²) in [5.74, 6) is 0.292. The van der Waals surface area contributed by atoms with Crippen molar-refractivity contribution in [2.75, 3.05) is 9.80 Å². The second-order valence-corrected chi connectivity index (χ2v) is 11.0. The van der Waals surface area contributed by atoms with Crippen LogP contribution in [-0.4, -0.2) is 17.9 Å². The summed E-state index contributed by atoms with van der Waals surface area (Å²) in [6.45, 7) is 0. The normalized spacial score (nSPS) is 21.0. The lowest BCUT2D eigenvalue weighted by Gasteiger charge is -2.56. The van der Waals surface area contributed by atoms with Gasteiger partial charge in [0.2, 0.25) is 6.10 Å². The van der Waals surface area contributed by atoms with Crippen molar-refractivity contribution in [2.24, 2.45) is 0 Å². The Balaban J connectivity index is 1.49. The molecule has 0 N–H and O–H groups in total. The van der Waals surface area contributed by atoms with Crippen molar-refractivity contribution in [3.63, 3.8) is 0 Å². The van der Waals surface area contributed by atoms with Gasteiger partial charge >= 0.3 is 0 Å². The van der Waals surface area contributed by atoms with E-state index in [0.717, 1.165) is 11.1 Å². The number of carbonyl (C=O) groups is 2. The first-order chi connectivity index (χ1) is 20.6. The highest BCUT2D eigenvalue weighted by molar-refractivity contribution is 6.30. The van der Waals surface area contributed by atoms with Crippen molar-refractivity contribution in [3.8, 4) is 5.75 Å². The van der Waals surface area contributed by atoms with E-state index in [2.05, 4.69) is 0 Å². The first kappa shape index (κ1) is 26.1. The Kier molecular flexibility index (Phi) is 6.52. The van der Waals surface area contributed by atoms with Crippen molar-refractivity contribution in [2.45, 2.75) is 24.1 Å². The second-order valence-electron chi connectivity index (χ2n) is 10.6. The monoisotopic (exact) mass is 570 g/mol. The second kappa shape index (κ2) is 10.5. The van der Waals surface area contributed by atoms with Gasteiger partial charge in [-0.3, -0.25) is 19.4 Å². The van der Waals surface area contributed by atoms with E-state index < -0.39 is 17.7 Å². The molecule has 42 heavy (non-hydrogen) atoms. The van der Waals surface area contributed by atoms with Crippen molar-refractivity contribution >= 4 is 34.8 Å². The van der Waals surface area contributed by atoms with Gasteiger partial charge < -0.3 is 4.74 Å². The Labute approximate surface area is 249 Å². The Morgan fingerprint density at radius 1 is 0.738 bits per heavy atom. The molecule has 0 aromatic heterocycles. The largest absolute Gasteiger partial charge is 0.478 e. The van der Waals surface area contributed by atoms with E-state index in [0.29, 0.717) is 34.1 Å². The number of benzene rings is 5. The van der Waals surface area contributed by atoms with Crippen LogP contribution in [0.25, 0.3) is 0 Å². The lowest BCUT2D eigenvalue weighted by molar-refractivity contribution is -0.142. The van der Waals surface area contributed by atoms with Crippen LogP contribution in [0.15, 0.2) is 140 Å². The molecular weight excluding hydrogens is 544 g/mol. The average Bonchev–Trinajstić information content (AvgIpc) is 3.16. The lowest BCUT2D eigenvalue weighted by Crippen LogP contribution is -2.74. The molecule has 206 valence electrons. The minimum atomic E-state index is -0.914. The van der Waals surface area contributed by atoms with E-state index in [1.165, 1.54) is 0 Å². The van der Waals surface area contributed by atoms with Gasteiger partial charge in [0.05, 0.1) is 17.4 Å². The van der Waals surface area contributed by atoms with Crippen LogP contribution in [-0.2, 0) is 10.3 Å². The summed E-state index contributed by atoms with van der Waals surface area (Å²) in [7, 11) is 0. The third-order valence-corrected chi connectivity index (χ3v) is 8.45. The molecule has 2 heterocycles. The highest BCUT2D eigenvalue weighted by Gasteiger charge is 2.66. The fraction of sp³-hybridized carbons (Fsp3) is 0.111. The van der Waals surface area contributed by atoms with Crippen LogP contribution < -0.4 is 14.5 Å². The summed E-state index contributed by atoms with van der Waals surface area (Å²) in [4.78, 5) is 32.3. The van der Waals surface area contributed by atoms with Gasteiger partial charge in [0.15, 0.2) is 0 Å². The molecule has 5 aromatic rings. The highest BCUT2D eigenvalue weighted by Crippen LogP contribution is 2.57. The average molecular weight is 571 g/mol. The molecule has 0 saturated carbocycles. The van der Waals surface area contributed by atoms with E-state index in [1.807, 2.05) is 149 Å². The summed E-state index contributed by atoms with van der Waals surface area (Å²) < 4.78 is 6.53. The Morgan fingerprint density at radius 3 is 2.05 bits per heavy atom. The van der Waals surface area contributed by atoms with Gasteiger partial charge in [0.1, 0.15) is 11.3 Å². The molecule has 0 spiro atoms. The van der Waals surface area contributed by atoms with Crippen LogP contribution in [0.4, 0.5) is 11.4 Å². The molecule has 2 aliphatic rings. The van der Waals surface area contributed by atoms with Crippen LogP contribution in [0, 0.1) is 0 Å². The maximum atomic E-state index is 14.5. The Morgan fingerprint density at radius 2 is 1.36 bits per heavy atom. The first-order valence-corrected chi connectivity index (χ1v) is 14.3. The Bertz CT molecular complexity index is 1760. The molecule has 1 saturated heterocycles. The Hall–Kier alpha value is -4.87. The summed E-state index contributed by atoms with van der Waals surface area (Å²) in [6, 6.07) is 43.4. The van der Waals surface area contributed by atoms with Crippen LogP contribution in [0.1, 0.15) is 33.9 Å². The number of ether oxygens (including phenoxy) is 1. The number of nitrogens with zero attached hydrogens (tertiary/aromatic N) is 2. The van der Waals surface area contributed by atoms with E-state index in [-0.39, 0.29) is 11.8 Å². The van der Waals surface area contributed by atoms with Gasteiger partial charge in [-0.1, -0.05) is 103 Å². The molecule has 5 aromatic carbocycles. The third kappa shape index (κ3) is 4.16. The highest BCUT2D eigenvalue weighted by atomic mass is 35.5. The molecule has 2 amide bonds. The SMILES string of the molecule is O=C(c1ccccc1)N1c2ccccc2N2C(=O)C(Oc3ccccc3)C2(c2ccccc2)CC1c1cccc(Cl)c1. The number of β-lactam (4-membered cyclic amide) rings is 1. The first-order valence-electron chi connectivity index (χ1n) is 13.9. The zero-order chi connectivity index (χ0) is 28.7. The zero-order valence-electron chi connectivity index (χ0n) is 22.6. The fourth-order valence-electron chi connectivity index (χ4n) is 6.37. The lowest BCUT2D eigenvalue weighted by atomic mass is 9.70. The van der Waals surface area contributed by atoms with Crippen molar-refractivity contribution in [1.82, 2.24) is 0 Å². The molecular formula is C36H27ClN2O3. The van der Waals surface area contributed by atoms with Crippen molar-refractivity contribution < 1.29 is 14.3 Å². The number of carbonyl (C=O) groups excluding carboxylic acids is 2. The standard InChI is InChI=1S/C36H27ClN2O3/c37-28-18-12-15-26(23-28)32-24-36(27-16-6-2-7-17-27)33(42-29-19-8-3-9-20-29)35(41)39(36)31-22-11-10-21-30(31)38(32)34(40)25-13-4-1-5-14-25/h1-23,32-33H,24H2. The number of amides is 2. The van der Waals surface area contributed by atoms with Gasteiger partial charge in [-0.25, -0.2) is 0 Å². The van der Waals surface area contributed by atoms with Crippen LogP contribution in [0.2, 0.25) is 5.02 Å². The quantitative estimate of drug-likeness (QED) is 0.202. The minimum Gasteiger partial charge on any atom is -0.478 e. The maximum absolute atomic E-state index is 14.5.